The number of aromatic nitrogens is 1. The van der Waals surface area contributed by atoms with Crippen molar-refractivity contribution in [1.82, 2.24) is 4.98 Å². The van der Waals surface area contributed by atoms with Crippen molar-refractivity contribution >= 4 is 34.3 Å². The lowest BCUT2D eigenvalue weighted by atomic mass is 10.2. The first-order valence-electron chi connectivity index (χ1n) is 4.08. The molecule has 5 heteroatoms. The lowest BCUT2D eigenvalue weighted by molar-refractivity contribution is 0.899. The van der Waals surface area contributed by atoms with Gasteiger partial charge in [-0.2, -0.15) is 0 Å². The molecule has 2 aromatic rings. The molecule has 0 saturated heterocycles. The van der Waals surface area contributed by atoms with E-state index in [1.807, 2.05) is 23.9 Å². The van der Waals surface area contributed by atoms with Crippen LogP contribution in [0.25, 0.3) is 0 Å². The zero-order valence-electron chi connectivity index (χ0n) is 7.53. The van der Waals surface area contributed by atoms with E-state index in [-0.39, 0.29) is 6.04 Å². The summed E-state index contributed by atoms with van der Waals surface area (Å²) in [5.74, 6) is 0. The predicted octanol–water partition coefficient (Wildman–Crippen LogP) is 3.21. The fourth-order valence-electron chi connectivity index (χ4n) is 1.26. The Kier molecular flexibility index (Phi) is 2.88. The van der Waals surface area contributed by atoms with Crippen LogP contribution in [0, 0.1) is 6.92 Å². The molecule has 1 unspecified atom stereocenters. The third-order valence-electron chi connectivity index (χ3n) is 1.99. The van der Waals surface area contributed by atoms with Gasteiger partial charge in [-0.1, -0.05) is 11.6 Å². The second-order valence-electron chi connectivity index (χ2n) is 2.91. The lowest BCUT2D eigenvalue weighted by Gasteiger charge is -2.08. The molecule has 0 amide bonds. The van der Waals surface area contributed by atoms with Crippen LogP contribution in [0.3, 0.4) is 0 Å². The fourth-order valence-corrected chi connectivity index (χ4v) is 3.33. The van der Waals surface area contributed by atoms with Gasteiger partial charge in [-0.05, 0) is 18.4 Å². The SMILES string of the molecule is Cc1ncsc1C(N)c1sccc1Cl. The topological polar surface area (TPSA) is 38.9 Å². The van der Waals surface area contributed by atoms with Gasteiger partial charge in [-0.15, -0.1) is 22.7 Å². The molecular weight excluding hydrogens is 236 g/mol. The summed E-state index contributed by atoms with van der Waals surface area (Å²) >= 11 is 9.18. The van der Waals surface area contributed by atoms with Gasteiger partial charge in [-0.25, -0.2) is 4.98 Å². The first-order valence-corrected chi connectivity index (χ1v) is 6.22. The minimum absolute atomic E-state index is 0.130. The van der Waals surface area contributed by atoms with E-state index < -0.39 is 0 Å². The molecule has 2 nitrogen and oxygen atoms in total. The molecule has 1 atom stereocenters. The monoisotopic (exact) mass is 244 g/mol. The highest BCUT2D eigenvalue weighted by molar-refractivity contribution is 7.12. The Morgan fingerprint density at radius 3 is 2.71 bits per heavy atom. The number of rotatable bonds is 2. The van der Waals surface area contributed by atoms with E-state index in [9.17, 15) is 0 Å². The first-order chi connectivity index (χ1) is 6.70. The highest BCUT2D eigenvalue weighted by Gasteiger charge is 2.17. The molecule has 74 valence electrons. The maximum Gasteiger partial charge on any atom is 0.0798 e. The Labute approximate surface area is 95.4 Å². The van der Waals surface area contributed by atoms with Gasteiger partial charge >= 0.3 is 0 Å². The van der Waals surface area contributed by atoms with Crippen molar-refractivity contribution in [3.05, 3.63) is 37.4 Å². The van der Waals surface area contributed by atoms with Gasteiger partial charge in [0.2, 0.25) is 0 Å². The summed E-state index contributed by atoms with van der Waals surface area (Å²) in [4.78, 5) is 6.28. The molecule has 0 aliphatic carbocycles. The van der Waals surface area contributed by atoms with Gasteiger partial charge in [0.1, 0.15) is 0 Å². The minimum atomic E-state index is -0.130. The summed E-state index contributed by atoms with van der Waals surface area (Å²) in [6.07, 6.45) is 0. The van der Waals surface area contributed by atoms with E-state index in [4.69, 9.17) is 17.3 Å². The molecule has 2 N–H and O–H groups in total. The van der Waals surface area contributed by atoms with Gasteiger partial charge in [0.05, 0.1) is 22.3 Å². The zero-order chi connectivity index (χ0) is 10.1. The van der Waals surface area contributed by atoms with Crippen molar-refractivity contribution in [2.24, 2.45) is 5.73 Å². The molecule has 0 bridgehead atoms. The van der Waals surface area contributed by atoms with Crippen molar-refractivity contribution < 1.29 is 0 Å². The standard InChI is InChI=1S/C9H9ClN2S2/c1-5-8(14-4-12-5)7(11)9-6(10)2-3-13-9/h2-4,7H,11H2,1H3. The van der Waals surface area contributed by atoms with Crippen molar-refractivity contribution in [3.63, 3.8) is 0 Å². The summed E-state index contributed by atoms with van der Waals surface area (Å²) in [6, 6.07) is 1.74. The van der Waals surface area contributed by atoms with Crippen molar-refractivity contribution in [2.75, 3.05) is 0 Å². The van der Waals surface area contributed by atoms with Crippen LogP contribution < -0.4 is 5.73 Å². The molecule has 0 aromatic carbocycles. The molecule has 2 aromatic heterocycles. The molecule has 0 spiro atoms. The maximum atomic E-state index is 6.10. The zero-order valence-corrected chi connectivity index (χ0v) is 9.92. The van der Waals surface area contributed by atoms with E-state index in [2.05, 4.69) is 4.98 Å². The van der Waals surface area contributed by atoms with Gasteiger partial charge in [0.25, 0.3) is 0 Å². The van der Waals surface area contributed by atoms with Crippen LogP contribution >= 0.6 is 34.3 Å². The second kappa shape index (κ2) is 3.98. The first kappa shape index (κ1) is 10.1. The van der Waals surface area contributed by atoms with E-state index in [0.717, 1.165) is 20.5 Å². The maximum absolute atomic E-state index is 6.10. The Balaban J connectivity index is 2.38. The summed E-state index contributed by atoms with van der Waals surface area (Å²) in [6.45, 7) is 1.97. The Hall–Kier alpha value is -0.420. The van der Waals surface area contributed by atoms with Gasteiger partial charge in [-0.3, -0.25) is 0 Å². The predicted molar refractivity (Wildman–Crippen MR) is 62.2 cm³/mol. The average Bonchev–Trinajstić information content (AvgIpc) is 2.73. The highest BCUT2D eigenvalue weighted by Crippen LogP contribution is 2.33. The Bertz CT molecular complexity index is 395. The lowest BCUT2D eigenvalue weighted by Crippen LogP contribution is -2.10. The van der Waals surface area contributed by atoms with Crippen molar-refractivity contribution in [2.45, 2.75) is 13.0 Å². The van der Waals surface area contributed by atoms with Crippen LogP contribution in [0.2, 0.25) is 5.02 Å². The molecule has 0 saturated carbocycles. The van der Waals surface area contributed by atoms with Crippen LogP contribution in [0.4, 0.5) is 0 Å². The molecular formula is C9H9ClN2S2. The highest BCUT2D eigenvalue weighted by atomic mass is 35.5. The number of hydrogen-bond acceptors (Lipinski definition) is 4. The quantitative estimate of drug-likeness (QED) is 0.881. The Morgan fingerprint density at radius 2 is 2.21 bits per heavy atom. The Morgan fingerprint density at radius 1 is 1.43 bits per heavy atom. The summed E-state index contributed by atoms with van der Waals surface area (Å²) in [5, 5.41) is 2.70. The van der Waals surface area contributed by atoms with E-state index >= 15 is 0 Å². The molecule has 0 aliphatic rings. The normalized spacial score (nSPS) is 13.1. The van der Waals surface area contributed by atoms with Crippen molar-refractivity contribution in [1.29, 1.82) is 0 Å². The van der Waals surface area contributed by atoms with Crippen LogP contribution in [0.1, 0.15) is 21.5 Å². The third-order valence-corrected chi connectivity index (χ3v) is 4.45. The summed E-state index contributed by atoms with van der Waals surface area (Å²) in [5.41, 5.74) is 8.91. The van der Waals surface area contributed by atoms with E-state index in [1.165, 1.54) is 0 Å². The smallest absolute Gasteiger partial charge is 0.0798 e. The average molecular weight is 245 g/mol. The van der Waals surface area contributed by atoms with E-state index in [0.29, 0.717) is 0 Å². The van der Waals surface area contributed by atoms with Crippen LogP contribution in [0.15, 0.2) is 17.0 Å². The number of thiazole rings is 1. The summed E-state index contributed by atoms with van der Waals surface area (Å²) in [7, 11) is 0. The molecule has 2 heterocycles. The van der Waals surface area contributed by atoms with Gasteiger partial charge < -0.3 is 5.73 Å². The molecule has 0 radical (unpaired) electrons. The number of thiophene rings is 1. The minimum Gasteiger partial charge on any atom is -0.319 e. The number of aryl methyl sites for hydroxylation is 1. The largest absolute Gasteiger partial charge is 0.319 e. The molecule has 0 aliphatic heterocycles. The van der Waals surface area contributed by atoms with Crippen molar-refractivity contribution in [3.8, 4) is 0 Å². The number of hydrogen-bond donors (Lipinski definition) is 1. The molecule has 2 rings (SSSR count). The second-order valence-corrected chi connectivity index (χ2v) is 5.15. The number of halogens is 1. The van der Waals surface area contributed by atoms with E-state index in [1.54, 1.807) is 22.7 Å². The van der Waals surface area contributed by atoms with Gasteiger partial charge in [0.15, 0.2) is 0 Å². The molecule has 0 fully saturated rings. The van der Waals surface area contributed by atoms with Crippen LogP contribution in [0.5, 0.6) is 0 Å². The molecule has 14 heavy (non-hydrogen) atoms. The fraction of sp³-hybridized carbons (Fsp3) is 0.222. The summed E-state index contributed by atoms with van der Waals surface area (Å²) < 4.78 is 0. The number of nitrogens with two attached hydrogens (primary N) is 1. The third kappa shape index (κ3) is 1.70. The van der Waals surface area contributed by atoms with Crippen LogP contribution in [-0.4, -0.2) is 4.98 Å². The number of nitrogens with zero attached hydrogens (tertiary/aromatic N) is 1. The van der Waals surface area contributed by atoms with Crippen LogP contribution in [-0.2, 0) is 0 Å². The van der Waals surface area contributed by atoms with Gasteiger partial charge in [0, 0.05) is 9.75 Å².